The second-order valence-corrected chi connectivity index (χ2v) is 21.0. The Hall–Kier alpha value is -7.39. The summed E-state index contributed by atoms with van der Waals surface area (Å²) in [6.07, 6.45) is 14.9. The fourth-order valence-electron chi connectivity index (χ4n) is 11.1. The van der Waals surface area contributed by atoms with Crippen molar-refractivity contribution >= 4 is 49.7 Å². The van der Waals surface area contributed by atoms with Gasteiger partial charge in [-0.15, -0.1) is 0 Å². The van der Waals surface area contributed by atoms with E-state index in [0.717, 1.165) is 85.4 Å². The molecule has 6 aromatic heterocycles. The van der Waals surface area contributed by atoms with Crippen molar-refractivity contribution in [1.29, 1.82) is 5.26 Å². The molecule has 354 valence electrons. The normalized spacial score (nSPS) is 19.4. The molecular weight excluding hydrogens is 903 g/mol. The highest BCUT2D eigenvalue weighted by Gasteiger charge is 2.52. The number of aromatic nitrogens is 8. The number of H-pyrrole nitrogens is 1. The summed E-state index contributed by atoms with van der Waals surface area (Å²) in [5.74, 6) is 0.284. The van der Waals surface area contributed by atoms with Crippen molar-refractivity contribution in [2.45, 2.75) is 74.3 Å². The summed E-state index contributed by atoms with van der Waals surface area (Å²) in [4.78, 5) is 38.7. The molecule has 17 heteroatoms. The highest BCUT2D eigenvalue weighted by molar-refractivity contribution is 7.90. The van der Waals surface area contributed by atoms with Crippen molar-refractivity contribution in [3.05, 3.63) is 150 Å². The van der Waals surface area contributed by atoms with E-state index in [-0.39, 0.29) is 35.3 Å². The second-order valence-electron chi connectivity index (χ2n) is 19.2. The van der Waals surface area contributed by atoms with E-state index in [1.807, 2.05) is 60.2 Å². The lowest BCUT2D eigenvalue weighted by molar-refractivity contribution is -0.0472. The number of ether oxygens (including phenoxy) is 1. The van der Waals surface area contributed by atoms with Crippen LogP contribution >= 0.6 is 0 Å². The van der Waals surface area contributed by atoms with E-state index in [4.69, 9.17) is 4.74 Å². The van der Waals surface area contributed by atoms with Gasteiger partial charge in [-0.25, -0.2) is 37.1 Å². The highest BCUT2D eigenvalue weighted by atomic mass is 32.2. The Morgan fingerprint density at radius 3 is 2.14 bits per heavy atom. The molecular formula is C53H51N11O5S. The molecule has 0 bridgehead atoms. The van der Waals surface area contributed by atoms with E-state index < -0.39 is 21.7 Å². The van der Waals surface area contributed by atoms with Crippen LogP contribution in [0, 0.1) is 23.7 Å². The number of imidazole rings is 2. The smallest absolute Gasteiger partial charge is 0.409 e. The lowest BCUT2D eigenvalue weighted by atomic mass is 9.93. The van der Waals surface area contributed by atoms with Crippen molar-refractivity contribution in [2.24, 2.45) is 5.41 Å². The first-order valence-corrected chi connectivity index (χ1v) is 25.4. The molecule has 3 aromatic carbocycles. The number of aromatic amines is 1. The molecule has 2 saturated heterocycles. The average molecular weight is 954 g/mol. The molecule has 13 rings (SSSR count). The molecule has 16 nitrogen and oxygen atoms in total. The molecule has 3 fully saturated rings. The monoisotopic (exact) mass is 953 g/mol. The first-order valence-electron chi connectivity index (χ1n) is 24.0. The molecule has 8 heterocycles. The van der Waals surface area contributed by atoms with Crippen molar-refractivity contribution in [3.8, 4) is 17.2 Å². The number of likely N-dealkylation sites (tertiary alicyclic amines) is 2. The number of nitrogens with one attached hydrogen (secondary N) is 1. The number of nitriles is 1. The quantitative estimate of drug-likeness (QED) is 0.149. The van der Waals surface area contributed by atoms with Crippen LogP contribution in [0.4, 0.5) is 4.79 Å². The molecule has 2 aliphatic heterocycles. The largest absolute Gasteiger partial charge is 0.448 e. The Labute approximate surface area is 403 Å². The number of fused-ring (bicyclic) bond motifs is 9. The summed E-state index contributed by atoms with van der Waals surface area (Å²) < 4.78 is 38.4. The third-order valence-corrected chi connectivity index (χ3v) is 16.7. The van der Waals surface area contributed by atoms with Crippen LogP contribution in [0.15, 0.2) is 127 Å². The van der Waals surface area contributed by atoms with Gasteiger partial charge < -0.3 is 19.7 Å². The Kier molecular flexibility index (Phi) is 10.8. The van der Waals surface area contributed by atoms with Gasteiger partial charge in [-0.05, 0) is 92.0 Å². The van der Waals surface area contributed by atoms with Gasteiger partial charge in [0.05, 0.1) is 39.8 Å². The van der Waals surface area contributed by atoms with Gasteiger partial charge in [0, 0.05) is 80.1 Å². The van der Waals surface area contributed by atoms with Gasteiger partial charge in [0.2, 0.25) is 0 Å². The van der Waals surface area contributed by atoms with Crippen LogP contribution in [0.3, 0.4) is 0 Å². The molecule has 1 saturated carbocycles. The molecule has 1 unspecified atom stereocenters. The van der Waals surface area contributed by atoms with Crippen LogP contribution < -0.4 is 0 Å². The molecule has 1 amide bonds. The molecule has 0 spiro atoms. The number of nitrogens with zero attached hydrogens (tertiary/aromatic N) is 10. The number of piperidine rings is 2. The van der Waals surface area contributed by atoms with Crippen LogP contribution in [-0.2, 0) is 14.8 Å². The molecule has 2 aliphatic carbocycles. The fourth-order valence-corrected chi connectivity index (χ4v) is 12.4. The maximum atomic E-state index is 13.5. The van der Waals surface area contributed by atoms with E-state index in [2.05, 4.69) is 64.6 Å². The number of benzene rings is 3. The standard InChI is InChI=1S/C35H31N5O4S.C18H20N6O/c1-23-12-14-25(15-13-23)45(42,43)39-18-16-31-34(39)37-20-33-36-19-32(40(31)33)24-7-6-17-38(21-24)35(41)44-22-30-28-10-4-2-8-26(28)27-9-3-5-11-29(27)30;19-11-18(4-5-18)17(25)23-7-1-2-12(10-23)14-8-21-15-9-22-16-13(24(14)15)3-6-20-16/h2-5,8-16,18-20,24,30H,6-7,17,21-22H2,1H3;3,6,8-9,12,17,20,25H,1-2,4-5,7,10H2/t24-;12-,17?/m11/s1. The summed E-state index contributed by atoms with van der Waals surface area (Å²) in [5.41, 5.74) is 11.6. The Bertz CT molecular complexity index is 3580. The first kappa shape index (κ1) is 43.9. The van der Waals surface area contributed by atoms with Gasteiger partial charge >= 0.3 is 6.09 Å². The zero-order chi connectivity index (χ0) is 47.7. The minimum Gasteiger partial charge on any atom is -0.448 e. The van der Waals surface area contributed by atoms with Crippen LogP contribution in [0.2, 0.25) is 0 Å². The first-order chi connectivity index (χ1) is 34.1. The predicted molar refractivity (Wildman–Crippen MR) is 263 cm³/mol. The third kappa shape index (κ3) is 7.40. The number of rotatable bonds is 8. The maximum absolute atomic E-state index is 13.5. The van der Waals surface area contributed by atoms with Crippen LogP contribution in [0.25, 0.3) is 44.7 Å². The molecule has 9 aromatic rings. The zero-order valence-electron chi connectivity index (χ0n) is 38.6. The van der Waals surface area contributed by atoms with Crippen molar-refractivity contribution in [3.63, 3.8) is 0 Å². The number of aliphatic hydroxyl groups is 1. The van der Waals surface area contributed by atoms with E-state index in [0.29, 0.717) is 29.9 Å². The van der Waals surface area contributed by atoms with E-state index in [9.17, 15) is 23.6 Å². The Morgan fingerprint density at radius 1 is 0.814 bits per heavy atom. The number of hydrogen-bond donors (Lipinski definition) is 2. The predicted octanol–water partition coefficient (Wildman–Crippen LogP) is 8.37. The summed E-state index contributed by atoms with van der Waals surface area (Å²) in [7, 11) is -3.85. The Balaban J connectivity index is 0.000000170. The minimum atomic E-state index is -3.85. The number of aryl methyl sites for hydroxylation is 1. The van der Waals surface area contributed by atoms with Crippen LogP contribution in [-0.4, -0.2) is 106 Å². The van der Waals surface area contributed by atoms with E-state index in [1.165, 1.54) is 26.2 Å². The number of carbonyl (C=O) groups is 1. The lowest BCUT2D eigenvalue weighted by Gasteiger charge is -2.37. The molecule has 2 N–H and O–H groups in total. The summed E-state index contributed by atoms with van der Waals surface area (Å²) >= 11 is 0. The van der Waals surface area contributed by atoms with Gasteiger partial charge in [0.15, 0.2) is 22.6 Å². The van der Waals surface area contributed by atoms with Gasteiger partial charge in [-0.2, -0.15) is 5.26 Å². The van der Waals surface area contributed by atoms with Crippen molar-refractivity contribution in [2.75, 3.05) is 32.8 Å². The third-order valence-electron chi connectivity index (χ3n) is 15.0. The van der Waals surface area contributed by atoms with Crippen LogP contribution in [0.1, 0.15) is 84.4 Å². The topological polar surface area (TPSA) is 192 Å². The lowest BCUT2D eigenvalue weighted by Crippen LogP contribution is -2.46. The molecule has 0 radical (unpaired) electrons. The highest BCUT2D eigenvalue weighted by Crippen LogP contribution is 2.50. The number of hydrogen-bond acceptors (Lipinski definition) is 11. The summed E-state index contributed by atoms with van der Waals surface area (Å²) in [5, 5.41) is 20.1. The maximum Gasteiger partial charge on any atom is 0.409 e. The van der Waals surface area contributed by atoms with Gasteiger partial charge in [-0.3, -0.25) is 13.7 Å². The number of aliphatic hydroxyl groups excluding tert-OH is 1. The zero-order valence-corrected chi connectivity index (χ0v) is 39.4. The molecule has 4 aliphatic rings. The van der Waals surface area contributed by atoms with Gasteiger partial charge in [0.25, 0.3) is 10.0 Å². The van der Waals surface area contributed by atoms with Crippen molar-refractivity contribution < 1.29 is 23.1 Å². The van der Waals surface area contributed by atoms with Crippen molar-refractivity contribution in [1.82, 2.24) is 47.5 Å². The Morgan fingerprint density at radius 2 is 1.46 bits per heavy atom. The molecule has 70 heavy (non-hydrogen) atoms. The van der Waals surface area contributed by atoms with Crippen LogP contribution in [0.5, 0.6) is 0 Å². The second kappa shape index (κ2) is 17.2. The van der Waals surface area contributed by atoms with E-state index in [1.54, 1.807) is 53.8 Å². The number of amides is 1. The minimum absolute atomic E-state index is 0.00159. The van der Waals surface area contributed by atoms with Gasteiger partial charge in [-0.1, -0.05) is 66.2 Å². The van der Waals surface area contributed by atoms with E-state index >= 15 is 0 Å². The summed E-state index contributed by atoms with van der Waals surface area (Å²) in [6.45, 7) is 4.90. The number of carbonyl (C=O) groups excluding carboxylic acids is 1. The summed E-state index contributed by atoms with van der Waals surface area (Å²) in [6, 6.07) is 29.5. The van der Waals surface area contributed by atoms with Gasteiger partial charge in [0.1, 0.15) is 12.8 Å². The fraction of sp³-hybridized carbons (Fsp3) is 0.321. The average Bonchev–Trinajstić information content (AvgIpc) is 3.95. The molecule has 3 atom stereocenters. The SMILES string of the molecule is Cc1ccc(S(=O)(=O)n2ccc3c2ncc2ncc([C@@H]4CCCN(C(=O)OCC5c6ccccc6-c6ccccc65)C4)n23)cc1.N#CC1(C(O)N2CCC[C@@H](c3cnc4cnc5[nH]ccc5n34)C2)CC1.